The highest BCUT2D eigenvalue weighted by atomic mass is 16.5. The first-order chi connectivity index (χ1) is 14.0. The number of carbonyl (C=O) groups excluding carboxylic acids is 1. The van der Waals surface area contributed by atoms with E-state index in [1.807, 2.05) is 18.2 Å². The summed E-state index contributed by atoms with van der Waals surface area (Å²) in [4.78, 5) is 25.5. The molecule has 1 saturated heterocycles. The SMILES string of the molecule is COc1cccc(OC)c1OC1CCN(C(=O)Cc2cccc(C(=O)O)c2)CC1. The van der Waals surface area contributed by atoms with Crippen molar-refractivity contribution in [2.45, 2.75) is 25.4 Å². The van der Waals surface area contributed by atoms with Crippen molar-refractivity contribution in [3.05, 3.63) is 53.6 Å². The Labute approximate surface area is 169 Å². The molecule has 1 aliphatic rings. The Morgan fingerprint density at radius 1 is 1.03 bits per heavy atom. The zero-order chi connectivity index (χ0) is 20.8. The quantitative estimate of drug-likeness (QED) is 0.770. The third-order valence-corrected chi connectivity index (χ3v) is 4.99. The highest BCUT2D eigenvalue weighted by Gasteiger charge is 2.26. The summed E-state index contributed by atoms with van der Waals surface area (Å²) < 4.78 is 16.9. The Morgan fingerprint density at radius 3 is 2.24 bits per heavy atom. The van der Waals surface area contributed by atoms with E-state index >= 15 is 0 Å². The van der Waals surface area contributed by atoms with Crippen molar-refractivity contribution in [2.75, 3.05) is 27.3 Å². The van der Waals surface area contributed by atoms with Crippen LogP contribution in [0.5, 0.6) is 17.2 Å². The second kappa shape index (κ2) is 9.32. The zero-order valence-electron chi connectivity index (χ0n) is 16.6. The summed E-state index contributed by atoms with van der Waals surface area (Å²) in [5.74, 6) is 0.792. The Bertz CT molecular complexity index is 851. The molecule has 1 amide bonds. The summed E-state index contributed by atoms with van der Waals surface area (Å²) in [6.45, 7) is 1.17. The fraction of sp³-hybridized carbons (Fsp3) is 0.364. The number of carbonyl (C=O) groups is 2. The lowest BCUT2D eigenvalue weighted by atomic mass is 10.0. The predicted molar refractivity (Wildman–Crippen MR) is 107 cm³/mol. The van der Waals surface area contributed by atoms with E-state index < -0.39 is 5.97 Å². The second-order valence-electron chi connectivity index (χ2n) is 6.87. The number of benzene rings is 2. The zero-order valence-corrected chi connectivity index (χ0v) is 16.6. The minimum absolute atomic E-state index is 0.0131. The molecule has 29 heavy (non-hydrogen) atoms. The van der Waals surface area contributed by atoms with Crippen molar-refractivity contribution < 1.29 is 28.9 Å². The van der Waals surface area contributed by atoms with Crippen LogP contribution in [-0.4, -0.2) is 55.3 Å². The number of hydrogen-bond acceptors (Lipinski definition) is 5. The standard InChI is InChI=1S/C22H25NO6/c1-27-18-7-4-8-19(28-2)21(18)29-17-9-11-23(12-10-17)20(24)14-15-5-3-6-16(13-15)22(25)26/h3-8,13,17H,9-12,14H2,1-2H3,(H,25,26). The molecule has 0 bridgehead atoms. The molecule has 0 spiro atoms. The van der Waals surface area contributed by atoms with Gasteiger partial charge >= 0.3 is 5.97 Å². The van der Waals surface area contributed by atoms with Gasteiger partial charge in [-0.15, -0.1) is 0 Å². The number of hydrogen-bond donors (Lipinski definition) is 1. The first kappa shape index (κ1) is 20.5. The van der Waals surface area contributed by atoms with Crippen LogP contribution >= 0.6 is 0 Å². The van der Waals surface area contributed by atoms with Crippen molar-refractivity contribution in [1.82, 2.24) is 4.90 Å². The number of piperidine rings is 1. The number of aromatic carboxylic acids is 1. The maximum absolute atomic E-state index is 12.6. The van der Waals surface area contributed by atoms with Crippen LogP contribution in [0.15, 0.2) is 42.5 Å². The van der Waals surface area contributed by atoms with Gasteiger partial charge in [-0.25, -0.2) is 4.79 Å². The molecule has 0 unspecified atom stereocenters. The van der Waals surface area contributed by atoms with Crippen molar-refractivity contribution in [1.29, 1.82) is 0 Å². The molecule has 0 saturated carbocycles. The van der Waals surface area contributed by atoms with Crippen LogP contribution in [0.4, 0.5) is 0 Å². The Hall–Kier alpha value is -3.22. The van der Waals surface area contributed by atoms with Gasteiger partial charge in [0.1, 0.15) is 6.10 Å². The minimum Gasteiger partial charge on any atom is -0.493 e. The number of methoxy groups -OCH3 is 2. The molecule has 0 atom stereocenters. The van der Waals surface area contributed by atoms with E-state index in [2.05, 4.69) is 0 Å². The Kier molecular flexibility index (Phi) is 6.59. The van der Waals surface area contributed by atoms with Crippen LogP contribution in [-0.2, 0) is 11.2 Å². The maximum atomic E-state index is 12.6. The van der Waals surface area contributed by atoms with Gasteiger partial charge in [0, 0.05) is 25.9 Å². The lowest BCUT2D eigenvalue weighted by Gasteiger charge is -2.32. The average Bonchev–Trinajstić information content (AvgIpc) is 2.74. The number of ether oxygens (including phenoxy) is 3. The number of nitrogens with zero attached hydrogens (tertiary/aromatic N) is 1. The van der Waals surface area contributed by atoms with Gasteiger partial charge in [-0.2, -0.15) is 0 Å². The van der Waals surface area contributed by atoms with E-state index in [0.29, 0.717) is 48.7 Å². The number of para-hydroxylation sites is 1. The lowest BCUT2D eigenvalue weighted by molar-refractivity contribution is -0.132. The summed E-state index contributed by atoms with van der Waals surface area (Å²) in [7, 11) is 3.17. The summed E-state index contributed by atoms with van der Waals surface area (Å²) in [5.41, 5.74) is 0.889. The first-order valence-electron chi connectivity index (χ1n) is 9.49. The van der Waals surface area contributed by atoms with E-state index in [-0.39, 0.29) is 24.0 Å². The van der Waals surface area contributed by atoms with E-state index in [1.54, 1.807) is 37.3 Å². The predicted octanol–water partition coefficient (Wildman–Crippen LogP) is 3.01. The molecule has 1 heterocycles. The molecular weight excluding hydrogens is 374 g/mol. The number of rotatable bonds is 7. The number of carboxylic acids is 1. The van der Waals surface area contributed by atoms with Gasteiger partial charge in [-0.05, 0) is 29.8 Å². The highest BCUT2D eigenvalue weighted by molar-refractivity contribution is 5.88. The van der Waals surface area contributed by atoms with E-state index in [0.717, 1.165) is 0 Å². The molecule has 3 rings (SSSR count). The molecule has 0 aromatic heterocycles. The van der Waals surface area contributed by atoms with Crippen LogP contribution in [0.3, 0.4) is 0 Å². The Balaban J connectivity index is 1.58. The fourth-order valence-corrected chi connectivity index (χ4v) is 3.42. The molecule has 1 fully saturated rings. The Morgan fingerprint density at radius 2 is 1.66 bits per heavy atom. The van der Waals surface area contributed by atoms with Gasteiger partial charge in [0.2, 0.25) is 11.7 Å². The summed E-state index contributed by atoms with van der Waals surface area (Å²) in [5, 5.41) is 9.09. The van der Waals surface area contributed by atoms with Crippen molar-refractivity contribution >= 4 is 11.9 Å². The van der Waals surface area contributed by atoms with Gasteiger partial charge < -0.3 is 24.2 Å². The summed E-state index contributed by atoms with van der Waals surface area (Å²) >= 11 is 0. The summed E-state index contributed by atoms with van der Waals surface area (Å²) in [6.07, 6.45) is 1.54. The molecule has 1 aliphatic heterocycles. The topological polar surface area (TPSA) is 85.3 Å². The largest absolute Gasteiger partial charge is 0.493 e. The molecule has 2 aromatic rings. The minimum atomic E-state index is -0.996. The van der Waals surface area contributed by atoms with E-state index in [1.165, 1.54) is 6.07 Å². The van der Waals surface area contributed by atoms with E-state index in [4.69, 9.17) is 19.3 Å². The molecular formula is C22H25NO6. The third kappa shape index (κ3) is 4.99. The number of likely N-dealkylation sites (tertiary alicyclic amines) is 1. The van der Waals surface area contributed by atoms with Gasteiger partial charge in [0.05, 0.1) is 26.2 Å². The van der Waals surface area contributed by atoms with Gasteiger partial charge in [0.15, 0.2) is 11.5 Å². The molecule has 1 N–H and O–H groups in total. The molecule has 7 heteroatoms. The van der Waals surface area contributed by atoms with Crippen LogP contribution in [0, 0.1) is 0 Å². The highest BCUT2D eigenvalue weighted by Crippen LogP contribution is 2.38. The maximum Gasteiger partial charge on any atom is 0.335 e. The van der Waals surface area contributed by atoms with Crippen LogP contribution < -0.4 is 14.2 Å². The monoisotopic (exact) mass is 399 g/mol. The molecule has 0 radical (unpaired) electrons. The average molecular weight is 399 g/mol. The number of carboxylic acid groups (broad SMARTS) is 1. The smallest absolute Gasteiger partial charge is 0.335 e. The van der Waals surface area contributed by atoms with Crippen LogP contribution in [0.1, 0.15) is 28.8 Å². The van der Waals surface area contributed by atoms with Gasteiger partial charge in [0.25, 0.3) is 0 Å². The molecule has 7 nitrogen and oxygen atoms in total. The van der Waals surface area contributed by atoms with Crippen LogP contribution in [0.2, 0.25) is 0 Å². The van der Waals surface area contributed by atoms with Crippen molar-refractivity contribution in [2.24, 2.45) is 0 Å². The summed E-state index contributed by atoms with van der Waals surface area (Å²) in [6, 6.07) is 12.0. The normalized spacial score (nSPS) is 14.3. The fourth-order valence-electron chi connectivity index (χ4n) is 3.42. The van der Waals surface area contributed by atoms with Gasteiger partial charge in [-0.3, -0.25) is 4.79 Å². The van der Waals surface area contributed by atoms with E-state index in [9.17, 15) is 9.59 Å². The van der Waals surface area contributed by atoms with Gasteiger partial charge in [-0.1, -0.05) is 18.2 Å². The lowest BCUT2D eigenvalue weighted by Crippen LogP contribution is -2.42. The molecule has 2 aromatic carbocycles. The molecule has 154 valence electrons. The second-order valence-corrected chi connectivity index (χ2v) is 6.87. The third-order valence-electron chi connectivity index (χ3n) is 4.99. The number of amides is 1. The van der Waals surface area contributed by atoms with Crippen molar-refractivity contribution in [3.8, 4) is 17.2 Å². The van der Waals surface area contributed by atoms with Crippen LogP contribution in [0.25, 0.3) is 0 Å². The van der Waals surface area contributed by atoms with Crippen molar-refractivity contribution in [3.63, 3.8) is 0 Å². The molecule has 0 aliphatic carbocycles. The first-order valence-corrected chi connectivity index (χ1v) is 9.49.